The SMILES string of the molecule is CC(N)c1cccc(-c2cncn2C(C)(C)C)c1. The number of nitrogens with zero attached hydrogens (tertiary/aromatic N) is 2. The predicted octanol–water partition coefficient (Wildman–Crippen LogP) is 3.32. The lowest BCUT2D eigenvalue weighted by atomic mass is 10.0. The molecule has 0 aliphatic rings. The standard InChI is InChI=1S/C15H21N3/c1-11(16)12-6-5-7-13(8-12)14-9-17-10-18(14)15(2,3)4/h5-11H,16H2,1-4H3. The molecule has 3 nitrogen and oxygen atoms in total. The quantitative estimate of drug-likeness (QED) is 0.879. The van der Waals surface area contributed by atoms with Gasteiger partial charge in [-0.1, -0.05) is 18.2 Å². The van der Waals surface area contributed by atoms with Gasteiger partial charge in [-0.15, -0.1) is 0 Å². The van der Waals surface area contributed by atoms with Crippen LogP contribution in [0.15, 0.2) is 36.8 Å². The van der Waals surface area contributed by atoms with Crippen LogP contribution >= 0.6 is 0 Å². The van der Waals surface area contributed by atoms with Crippen molar-refractivity contribution in [2.24, 2.45) is 5.73 Å². The van der Waals surface area contributed by atoms with E-state index in [0.717, 1.165) is 16.8 Å². The van der Waals surface area contributed by atoms with Crippen molar-refractivity contribution in [2.45, 2.75) is 39.3 Å². The Morgan fingerprint density at radius 3 is 2.61 bits per heavy atom. The molecule has 0 spiro atoms. The van der Waals surface area contributed by atoms with Gasteiger partial charge in [0.15, 0.2) is 0 Å². The van der Waals surface area contributed by atoms with Gasteiger partial charge in [0.25, 0.3) is 0 Å². The van der Waals surface area contributed by atoms with Crippen LogP contribution in [0.4, 0.5) is 0 Å². The first-order valence-corrected chi connectivity index (χ1v) is 6.28. The Hall–Kier alpha value is -1.61. The fraction of sp³-hybridized carbons (Fsp3) is 0.400. The van der Waals surface area contributed by atoms with Crippen LogP contribution in [0.2, 0.25) is 0 Å². The summed E-state index contributed by atoms with van der Waals surface area (Å²) in [6, 6.07) is 8.41. The van der Waals surface area contributed by atoms with Crippen molar-refractivity contribution in [2.75, 3.05) is 0 Å². The van der Waals surface area contributed by atoms with Crippen molar-refractivity contribution in [3.63, 3.8) is 0 Å². The average Bonchev–Trinajstić information content (AvgIpc) is 2.77. The molecule has 96 valence electrons. The van der Waals surface area contributed by atoms with Crippen LogP contribution in [0, 0.1) is 0 Å². The number of aromatic nitrogens is 2. The monoisotopic (exact) mass is 243 g/mol. The van der Waals surface area contributed by atoms with Gasteiger partial charge in [0.2, 0.25) is 0 Å². The summed E-state index contributed by atoms with van der Waals surface area (Å²) in [5.41, 5.74) is 9.40. The highest BCUT2D eigenvalue weighted by Gasteiger charge is 2.17. The molecular weight excluding hydrogens is 222 g/mol. The number of benzene rings is 1. The molecule has 2 aromatic rings. The number of rotatable bonds is 2. The molecule has 0 amide bonds. The smallest absolute Gasteiger partial charge is 0.0955 e. The summed E-state index contributed by atoms with van der Waals surface area (Å²) < 4.78 is 2.19. The van der Waals surface area contributed by atoms with Crippen LogP contribution in [0.1, 0.15) is 39.3 Å². The predicted molar refractivity (Wildman–Crippen MR) is 75.3 cm³/mol. The lowest BCUT2D eigenvalue weighted by Gasteiger charge is -2.23. The second kappa shape index (κ2) is 4.58. The molecule has 3 heteroatoms. The summed E-state index contributed by atoms with van der Waals surface area (Å²) in [6.45, 7) is 8.52. The molecule has 0 aliphatic heterocycles. The largest absolute Gasteiger partial charge is 0.325 e. The van der Waals surface area contributed by atoms with Crippen molar-refractivity contribution in [3.8, 4) is 11.3 Å². The summed E-state index contributed by atoms with van der Waals surface area (Å²) in [7, 11) is 0. The minimum Gasteiger partial charge on any atom is -0.325 e. The van der Waals surface area contributed by atoms with Gasteiger partial charge in [-0.3, -0.25) is 0 Å². The van der Waals surface area contributed by atoms with E-state index in [1.54, 1.807) is 0 Å². The van der Waals surface area contributed by atoms with Crippen LogP contribution in [-0.4, -0.2) is 9.55 Å². The number of hydrogen-bond acceptors (Lipinski definition) is 2. The van der Waals surface area contributed by atoms with E-state index < -0.39 is 0 Å². The van der Waals surface area contributed by atoms with E-state index in [1.807, 2.05) is 25.5 Å². The Morgan fingerprint density at radius 2 is 2.00 bits per heavy atom. The van der Waals surface area contributed by atoms with Gasteiger partial charge in [0, 0.05) is 17.1 Å². The molecule has 18 heavy (non-hydrogen) atoms. The Bertz CT molecular complexity index is 533. The summed E-state index contributed by atoms with van der Waals surface area (Å²) in [5, 5.41) is 0. The van der Waals surface area contributed by atoms with E-state index in [2.05, 4.69) is 48.5 Å². The lowest BCUT2D eigenvalue weighted by molar-refractivity contribution is 0.400. The summed E-state index contributed by atoms with van der Waals surface area (Å²) in [6.07, 6.45) is 3.79. The van der Waals surface area contributed by atoms with E-state index in [9.17, 15) is 0 Å². The van der Waals surface area contributed by atoms with Crippen LogP contribution in [-0.2, 0) is 5.54 Å². The first kappa shape index (κ1) is 12.8. The van der Waals surface area contributed by atoms with Crippen molar-refractivity contribution < 1.29 is 0 Å². The van der Waals surface area contributed by atoms with E-state index in [-0.39, 0.29) is 11.6 Å². The third-order valence-corrected chi connectivity index (χ3v) is 3.07. The zero-order valence-electron chi connectivity index (χ0n) is 11.5. The molecule has 1 atom stereocenters. The maximum absolute atomic E-state index is 5.94. The fourth-order valence-electron chi connectivity index (χ4n) is 2.02. The molecule has 1 aromatic carbocycles. The molecule has 0 saturated carbocycles. The molecule has 0 aliphatic carbocycles. The van der Waals surface area contributed by atoms with E-state index in [4.69, 9.17) is 5.73 Å². The molecule has 0 saturated heterocycles. The van der Waals surface area contributed by atoms with Gasteiger partial charge in [-0.05, 0) is 39.3 Å². The summed E-state index contributed by atoms with van der Waals surface area (Å²) >= 11 is 0. The van der Waals surface area contributed by atoms with Crippen molar-refractivity contribution in [1.29, 1.82) is 0 Å². The topological polar surface area (TPSA) is 43.8 Å². The summed E-state index contributed by atoms with van der Waals surface area (Å²) in [5.74, 6) is 0. The Labute approximate surface area is 109 Å². The zero-order valence-corrected chi connectivity index (χ0v) is 11.5. The number of nitrogens with two attached hydrogens (primary N) is 1. The third-order valence-electron chi connectivity index (χ3n) is 3.07. The van der Waals surface area contributed by atoms with Crippen molar-refractivity contribution in [1.82, 2.24) is 9.55 Å². The van der Waals surface area contributed by atoms with Crippen LogP contribution in [0.25, 0.3) is 11.3 Å². The maximum atomic E-state index is 5.94. The highest BCUT2D eigenvalue weighted by molar-refractivity contribution is 5.60. The molecule has 1 unspecified atom stereocenters. The second-order valence-corrected chi connectivity index (χ2v) is 5.73. The average molecular weight is 243 g/mol. The highest BCUT2D eigenvalue weighted by atomic mass is 15.1. The van der Waals surface area contributed by atoms with Gasteiger partial charge in [0.1, 0.15) is 0 Å². The lowest BCUT2D eigenvalue weighted by Crippen LogP contribution is -2.21. The van der Waals surface area contributed by atoms with Crippen LogP contribution < -0.4 is 5.73 Å². The summed E-state index contributed by atoms with van der Waals surface area (Å²) in [4.78, 5) is 4.27. The van der Waals surface area contributed by atoms with Crippen LogP contribution in [0.5, 0.6) is 0 Å². The Balaban J connectivity index is 2.50. The van der Waals surface area contributed by atoms with Crippen molar-refractivity contribution >= 4 is 0 Å². The Kier molecular flexibility index (Phi) is 3.26. The van der Waals surface area contributed by atoms with Crippen LogP contribution in [0.3, 0.4) is 0 Å². The normalized spacial score (nSPS) is 13.6. The fourth-order valence-corrected chi connectivity index (χ4v) is 2.02. The Morgan fingerprint density at radius 1 is 1.28 bits per heavy atom. The maximum Gasteiger partial charge on any atom is 0.0955 e. The van der Waals surface area contributed by atoms with Gasteiger partial charge in [-0.2, -0.15) is 0 Å². The zero-order chi connectivity index (χ0) is 13.3. The molecule has 0 fully saturated rings. The molecule has 2 N–H and O–H groups in total. The highest BCUT2D eigenvalue weighted by Crippen LogP contribution is 2.27. The minimum atomic E-state index is 0.0240. The molecule has 1 heterocycles. The first-order valence-electron chi connectivity index (χ1n) is 6.28. The molecule has 1 aromatic heterocycles. The van der Waals surface area contributed by atoms with E-state index in [0.29, 0.717) is 0 Å². The van der Waals surface area contributed by atoms with Gasteiger partial charge >= 0.3 is 0 Å². The van der Waals surface area contributed by atoms with Gasteiger partial charge in [0.05, 0.1) is 18.2 Å². The first-order chi connectivity index (χ1) is 8.39. The number of hydrogen-bond donors (Lipinski definition) is 1. The molecular formula is C15H21N3. The molecule has 0 bridgehead atoms. The van der Waals surface area contributed by atoms with Gasteiger partial charge in [-0.25, -0.2) is 4.98 Å². The molecule has 0 radical (unpaired) electrons. The minimum absolute atomic E-state index is 0.0240. The molecule has 2 rings (SSSR count). The number of imidazole rings is 1. The van der Waals surface area contributed by atoms with Gasteiger partial charge < -0.3 is 10.3 Å². The van der Waals surface area contributed by atoms with Crippen molar-refractivity contribution in [3.05, 3.63) is 42.4 Å². The second-order valence-electron chi connectivity index (χ2n) is 5.73. The third kappa shape index (κ3) is 2.46. The van der Waals surface area contributed by atoms with E-state index >= 15 is 0 Å². The van der Waals surface area contributed by atoms with E-state index in [1.165, 1.54) is 0 Å².